The molecule has 0 fully saturated rings. The molecule has 5 heteroatoms. The quantitative estimate of drug-likeness (QED) is 0.562. The molecule has 4 nitrogen and oxygen atoms in total. The molecule has 0 bridgehead atoms. The minimum Gasteiger partial charge on any atom is -0.489 e. The minimum atomic E-state index is -3.85. The van der Waals surface area contributed by atoms with E-state index in [1.807, 2.05) is 43.3 Å². The van der Waals surface area contributed by atoms with Gasteiger partial charge in [-0.3, -0.25) is 0 Å². The number of hydrogen-bond acceptors (Lipinski definition) is 4. The molecule has 3 aromatic carbocycles. The molecule has 0 saturated carbocycles. The maximum atomic E-state index is 12.7. The smallest absolute Gasteiger partial charge is 0.216 e. The number of rotatable bonds is 6. The van der Waals surface area contributed by atoms with Crippen molar-refractivity contribution in [3.05, 3.63) is 100 Å². The highest BCUT2D eigenvalue weighted by atomic mass is 32.2. The predicted octanol–water partition coefficient (Wildman–Crippen LogP) is 4.91. The zero-order chi connectivity index (χ0) is 20.0. The summed E-state index contributed by atoms with van der Waals surface area (Å²) in [6.07, 6.45) is 1.37. The number of benzene rings is 3. The van der Waals surface area contributed by atoms with Gasteiger partial charge in [0.2, 0.25) is 9.84 Å². The van der Waals surface area contributed by atoms with Gasteiger partial charge >= 0.3 is 0 Å². The van der Waals surface area contributed by atoms with Crippen LogP contribution in [0, 0.1) is 18.3 Å². The van der Waals surface area contributed by atoms with Gasteiger partial charge in [0.05, 0.1) is 4.90 Å². The molecule has 0 radical (unpaired) electrons. The molecule has 0 aliphatic rings. The van der Waals surface area contributed by atoms with E-state index < -0.39 is 9.84 Å². The molecule has 0 atom stereocenters. The van der Waals surface area contributed by atoms with Crippen LogP contribution in [0.1, 0.15) is 16.7 Å². The summed E-state index contributed by atoms with van der Waals surface area (Å²) in [6, 6.07) is 25.0. The molecule has 0 aromatic heterocycles. The standard InChI is InChI=1S/C23H19NO3S/c1-18-7-13-22(14-8-18)28(25,26)23(16-24)15-19-9-11-21(12-10-19)27-17-20-5-3-2-4-6-20/h2-15H,17H2,1H3/b23-15-. The average Bonchev–Trinajstić information content (AvgIpc) is 2.72. The summed E-state index contributed by atoms with van der Waals surface area (Å²) in [5.41, 5.74) is 2.62. The number of nitrogens with zero attached hydrogens (tertiary/aromatic N) is 1. The SMILES string of the molecule is Cc1ccc(S(=O)(=O)/C(C#N)=C\c2ccc(OCc3ccccc3)cc2)cc1. The Morgan fingerprint density at radius 1 is 0.964 bits per heavy atom. The Bertz CT molecular complexity index is 1110. The van der Waals surface area contributed by atoms with Crippen molar-refractivity contribution in [2.75, 3.05) is 0 Å². The number of sulfone groups is 1. The van der Waals surface area contributed by atoms with Crippen molar-refractivity contribution in [3.63, 3.8) is 0 Å². The van der Waals surface area contributed by atoms with Gasteiger partial charge in [0.25, 0.3) is 0 Å². The molecular weight excluding hydrogens is 370 g/mol. The Labute approximate surface area is 165 Å². The van der Waals surface area contributed by atoms with E-state index >= 15 is 0 Å². The van der Waals surface area contributed by atoms with Crippen LogP contribution in [0.15, 0.2) is 88.7 Å². The molecule has 0 unspecified atom stereocenters. The molecule has 28 heavy (non-hydrogen) atoms. The number of allylic oxidation sites excluding steroid dienone is 1. The van der Waals surface area contributed by atoms with Crippen LogP contribution < -0.4 is 4.74 Å². The number of hydrogen-bond donors (Lipinski definition) is 0. The van der Waals surface area contributed by atoms with Crippen LogP contribution in [-0.4, -0.2) is 8.42 Å². The van der Waals surface area contributed by atoms with Crippen molar-refractivity contribution in [2.45, 2.75) is 18.4 Å². The molecule has 0 spiro atoms. The largest absolute Gasteiger partial charge is 0.489 e. The lowest BCUT2D eigenvalue weighted by Gasteiger charge is -2.07. The van der Waals surface area contributed by atoms with E-state index in [9.17, 15) is 13.7 Å². The van der Waals surface area contributed by atoms with Crippen molar-refractivity contribution in [3.8, 4) is 11.8 Å². The Balaban J connectivity index is 1.77. The maximum absolute atomic E-state index is 12.7. The zero-order valence-corrected chi connectivity index (χ0v) is 16.2. The lowest BCUT2D eigenvalue weighted by molar-refractivity contribution is 0.306. The Kier molecular flexibility index (Phi) is 5.93. The van der Waals surface area contributed by atoms with Gasteiger partial charge in [0.1, 0.15) is 23.3 Å². The second kappa shape index (κ2) is 8.55. The second-order valence-electron chi connectivity index (χ2n) is 6.28. The molecule has 3 aromatic rings. The number of aryl methyl sites for hydroxylation is 1. The highest BCUT2D eigenvalue weighted by Crippen LogP contribution is 2.23. The summed E-state index contributed by atoms with van der Waals surface area (Å²) in [4.78, 5) is -0.192. The lowest BCUT2D eigenvalue weighted by Crippen LogP contribution is -2.03. The summed E-state index contributed by atoms with van der Waals surface area (Å²) in [7, 11) is -3.85. The minimum absolute atomic E-state index is 0.105. The highest BCUT2D eigenvalue weighted by molar-refractivity contribution is 7.95. The van der Waals surface area contributed by atoms with Gasteiger partial charge in [0.15, 0.2) is 0 Å². The zero-order valence-electron chi connectivity index (χ0n) is 15.4. The van der Waals surface area contributed by atoms with Gasteiger partial charge in [-0.15, -0.1) is 0 Å². The Hall–Kier alpha value is -3.36. The van der Waals surface area contributed by atoms with Crippen molar-refractivity contribution in [1.82, 2.24) is 0 Å². The Morgan fingerprint density at radius 2 is 1.61 bits per heavy atom. The lowest BCUT2D eigenvalue weighted by atomic mass is 10.2. The van der Waals surface area contributed by atoms with E-state index in [2.05, 4.69) is 0 Å². The van der Waals surface area contributed by atoms with E-state index in [4.69, 9.17) is 4.74 Å². The molecule has 0 aliphatic carbocycles. The molecule has 0 heterocycles. The van der Waals surface area contributed by atoms with Crippen LogP contribution in [0.25, 0.3) is 6.08 Å². The third-order valence-electron chi connectivity index (χ3n) is 4.16. The molecule has 140 valence electrons. The first kappa shape index (κ1) is 19.4. The van der Waals surface area contributed by atoms with Crippen LogP contribution >= 0.6 is 0 Å². The second-order valence-corrected chi connectivity index (χ2v) is 8.20. The fourth-order valence-electron chi connectivity index (χ4n) is 2.57. The van der Waals surface area contributed by atoms with Crippen LogP contribution in [0.2, 0.25) is 0 Å². The van der Waals surface area contributed by atoms with Gasteiger partial charge in [0, 0.05) is 0 Å². The van der Waals surface area contributed by atoms with E-state index in [1.54, 1.807) is 36.4 Å². The molecule has 0 aliphatic heterocycles. The van der Waals surface area contributed by atoms with E-state index in [0.29, 0.717) is 17.9 Å². The van der Waals surface area contributed by atoms with Gasteiger partial charge in [-0.05, 0) is 48.4 Å². The molecule has 0 amide bonds. The van der Waals surface area contributed by atoms with Crippen molar-refractivity contribution >= 4 is 15.9 Å². The highest BCUT2D eigenvalue weighted by Gasteiger charge is 2.20. The third kappa shape index (κ3) is 4.67. The first-order valence-electron chi connectivity index (χ1n) is 8.69. The van der Waals surface area contributed by atoms with Crippen LogP contribution in [0.3, 0.4) is 0 Å². The van der Waals surface area contributed by atoms with Crippen LogP contribution in [-0.2, 0) is 16.4 Å². The van der Waals surface area contributed by atoms with E-state index in [0.717, 1.165) is 11.1 Å². The summed E-state index contributed by atoms with van der Waals surface area (Å²) in [5, 5.41) is 9.38. The number of nitriles is 1. The fraction of sp³-hybridized carbons (Fsp3) is 0.0870. The molecule has 3 rings (SSSR count). The normalized spacial score (nSPS) is 11.6. The van der Waals surface area contributed by atoms with Crippen molar-refractivity contribution in [2.24, 2.45) is 0 Å². The van der Waals surface area contributed by atoms with Gasteiger partial charge in [-0.25, -0.2) is 8.42 Å². The maximum Gasteiger partial charge on any atom is 0.216 e. The van der Waals surface area contributed by atoms with Crippen LogP contribution in [0.4, 0.5) is 0 Å². The first-order chi connectivity index (χ1) is 13.5. The summed E-state index contributed by atoms with van der Waals surface area (Å²) >= 11 is 0. The molecule has 0 N–H and O–H groups in total. The fourth-order valence-corrected chi connectivity index (χ4v) is 3.73. The van der Waals surface area contributed by atoms with Gasteiger partial charge in [-0.1, -0.05) is 60.2 Å². The van der Waals surface area contributed by atoms with Crippen molar-refractivity contribution in [1.29, 1.82) is 5.26 Å². The van der Waals surface area contributed by atoms with E-state index in [-0.39, 0.29) is 9.80 Å². The van der Waals surface area contributed by atoms with Gasteiger partial charge < -0.3 is 4.74 Å². The summed E-state index contributed by atoms with van der Waals surface area (Å²) in [6.45, 7) is 2.32. The average molecular weight is 389 g/mol. The Morgan fingerprint density at radius 3 is 2.21 bits per heavy atom. The topological polar surface area (TPSA) is 67.2 Å². The van der Waals surface area contributed by atoms with E-state index in [1.165, 1.54) is 18.2 Å². The van der Waals surface area contributed by atoms with Gasteiger partial charge in [-0.2, -0.15) is 5.26 Å². The van der Waals surface area contributed by atoms with Crippen LogP contribution in [0.5, 0.6) is 5.75 Å². The third-order valence-corrected chi connectivity index (χ3v) is 5.84. The molecular formula is C23H19NO3S. The number of ether oxygens (including phenoxy) is 1. The predicted molar refractivity (Wildman–Crippen MR) is 109 cm³/mol. The summed E-state index contributed by atoms with van der Waals surface area (Å²) < 4.78 is 31.1. The summed E-state index contributed by atoms with van der Waals surface area (Å²) in [5.74, 6) is 0.668. The molecule has 0 saturated heterocycles. The first-order valence-corrected chi connectivity index (χ1v) is 10.2. The van der Waals surface area contributed by atoms with Crippen molar-refractivity contribution < 1.29 is 13.2 Å². The monoisotopic (exact) mass is 389 g/mol.